The molecule has 6 heteroatoms. The summed E-state index contributed by atoms with van der Waals surface area (Å²) >= 11 is 0. The van der Waals surface area contributed by atoms with Gasteiger partial charge >= 0.3 is 5.97 Å². The molecule has 0 aliphatic rings. The summed E-state index contributed by atoms with van der Waals surface area (Å²) in [6.45, 7) is 16.3. The molecule has 31 heavy (non-hydrogen) atoms. The minimum atomic E-state index is -0.859. The Hall–Kier alpha value is -0.950. The molecule has 10 atom stereocenters. The van der Waals surface area contributed by atoms with Gasteiger partial charge in [0.15, 0.2) is 0 Å². The van der Waals surface area contributed by atoms with Crippen molar-refractivity contribution in [3.8, 4) is 0 Å². The second kappa shape index (κ2) is 15.0. The molecule has 0 radical (unpaired) electrons. The standard InChI is InChI=1S/C25H48O6/c1-12-13-15(2)21(28-8)18(5)22(29-9)16(3)14-17(4)23(30-10)19(6)24(31-11)20(7)25(26)27/h12,15-24H,1,13-14H2,2-11H3,(H,26,27)/t15-,16+,17-,18+,19+,20+,21?,22-,23-,24-/m0/s1. The fourth-order valence-electron chi connectivity index (χ4n) is 5.54. The first-order valence-corrected chi connectivity index (χ1v) is 11.5. The van der Waals surface area contributed by atoms with Gasteiger partial charge in [0.05, 0.1) is 30.3 Å². The Balaban J connectivity index is 5.39. The lowest BCUT2D eigenvalue weighted by Crippen LogP contribution is -2.44. The molecule has 0 aromatic rings. The van der Waals surface area contributed by atoms with Gasteiger partial charge in [0.2, 0.25) is 0 Å². The molecular formula is C25H48O6. The van der Waals surface area contributed by atoms with Crippen LogP contribution < -0.4 is 0 Å². The van der Waals surface area contributed by atoms with Crippen LogP contribution in [0.25, 0.3) is 0 Å². The van der Waals surface area contributed by atoms with E-state index in [4.69, 9.17) is 18.9 Å². The molecule has 6 nitrogen and oxygen atoms in total. The summed E-state index contributed by atoms with van der Waals surface area (Å²) in [5, 5.41) is 9.44. The van der Waals surface area contributed by atoms with Crippen molar-refractivity contribution in [2.45, 2.75) is 78.8 Å². The predicted molar refractivity (Wildman–Crippen MR) is 125 cm³/mol. The van der Waals surface area contributed by atoms with Gasteiger partial charge in [0.1, 0.15) is 0 Å². The highest BCUT2D eigenvalue weighted by atomic mass is 16.5. The number of rotatable bonds is 17. The molecule has 0 aliphatic heterocycles. The molecule has 0 fully saturated rings. The van der Waals surface area contributed by atoms with E-state index >= 15 is 0 Å². The fourth-order valence-corrected chi connectivity index (χ4v) is 5.54. The number of carbonyl (C=O) groups is 1. The normalized spacial score (nSPS) is 21.7. The average Bonchev–Trinajstić information content (AvgIpc) is 2.70. The maximum Gasteiger partial charge on any atom is 0.308 e. The SMILES string of the molecule is C=CC[C@H](C)C(OC)[C@@H](C)[C@@H](OC)[C@H](C)C[C@H](C)[C@H](OC)[C@@H](C)[C@H](OC)[C@@H](C)C(=O)O. The van der Waals surface area contributed by atoms with Crippen LogP contribution >= 0.6 is 0 Å². The molecule has 0 aromatic heterocycles. The quantitative estimate of drug-likeness (QED) is 0.321. The molecule has 0 heterocycles. The molecule has 0 saturated heterocycles. The Bertz CT molecular complexity index is 510. The minimum Gasteiger partial charge on any atom is -0.481 e. The van der Waals surface area contributed by atoms with Crippen LogP contribution in [0.15, 0.2) is 12.7 Å². The number of hydrogen-bond donors (Lipinski definition) is 1. The summed E-state index contributed by atoms with van der Waals surface area (Å²) in [6.07, 6.45) is 3.28. The van der Waals surface area contributed by atoms with Gasteiger partial charge in [-0.1, -0.05) is 40.7 Å². The van der Waals surface area contributed by atoms with E-state index in [-0.39, 0.29) is 42.0 Å². The average molecular weight is 445 g/mol. The molecule has 1 unspecified atom stereocenters. The van der Waals surface area contributed by atoms with Gasteiger partial charge in [-0.2, -0.15) is 0 Å². The Morgan fingerprint density at radius 2 is 1.10 bits per heavy atom. The lowest BCUT2D eigenvalue weighted by atomic mass is 9.77. The Morgan fingerprint density at radius 1 is 0.742 bits per heavy atom. The summed E-state index contributed by atoms with van der Waals surface area (Å²) in [6, 6.07) is 0. The largest absolute Gasteiger partial charge is 0.481 e. The number of carboxylic acids is 1. The molecule has 0 rings (SSSR count). The number of hydrogen-bond acceptors (Lipinski definition) is 5. The van der Waals surface area contributed by atoms with E-state index < -0.39 is 18.0 Å². The van der Waals surface area contributed by atoms with Crippen LogP contribution in [0.1, 0.15) is 54.4 Å². The smallest absolute Gasteiger partial charge is 0.308 e. The summed E-state index contributed by atoms with van der Waals surface area (Å²) < 4.78 is 23.2. The third-order valence-corrected chi connectivity index (χ3v) is 7.01. The molecule has 0 bridgehead atoms. The maximum absolute atomic E-state index is 11.5. The van der Waals surface area contributed by atoms with Crippen molar-refractivity contribution >= 4 is 5.97 Å². The van der Waals surface area contributed by atoms with Crippen LogP contribution in [0.3, 0.4) is 0 Å². The lowest BCUT2D eigenvalue weighted by molar-refractivity contribution is -0.150. The second-order valence-electron chi connectivity index (χ2n) is 9.34. The molecule has 0 saturated carbocycles. The Morgan fingerprint density at radius 3 is 1.42 bits per heavy atom. The fraction of sp³-hybridized carbons (Fsp3) is 0.880. The zero-order valence-corrected chi connectivity index (χ0v) is 21.5. The van der Waals surface area contributed by atoms with Gasteiger partial charge in [-0.05, 0) is 37.5 Å². The summed E-state index contributed by atoms with van der Waals surface area (Å²) in [4.78, 5) is 11.5. The number of carboxylic acid groups (broad SMARTS) is 1. The molecule has 0 spiro atoms. The number of ether oxygens (including phenoxy) is 4. The van der Waals surface area contributed by atoms with Crippen LogP contribution in [-0.2, 0) is 23.7 Å². The van der Waals surface area contributed by atoms with Gasteiger partial charge in [0, 0.05) is 40.3 Å². The summed E-state index contributed by atoms with van der Waals surface area (Å²) in [5.74, 6) is -0.502. The highest BCUT2D eigenvalue weighted by Gasteiger charge is 2.38. The van der Waals surface area contributed by atoms with Crippen LogP contribution in [-0.4, -0.2) is 63.9 Å². The van der Waals surface area contributed by atoms with Crippen molar-refractivity contribution in [1.29, 1.82) is 0 Å². The number of aliphatic carboxylic acids is 1. The van der Waals surface area contributed by atoms with Crippen molar-refractivity contribution in [1.82, 2.24) is 0 Å². The van der Waals surface area contributed by atoms with Crippen LogP contribution in [0, 0.1) is 35.5 Å². The zero-order valence-electron chi connectivity index (χ0n) is 21.5. The molecular weight excluding hydrogens is 396 g/mol. The van der Waals surface area contributed by atoms with E-state index in [2.05, 4.69) is 34.3 Å². The van der Waals surface area contributed by atoms with E-state index in [1.165, 1.54) is 0 Å². The zero-order chi connectivity index (χ0) is 24.3. The second-order valence-corrected chi connectivity index (χ2v) is 9.34. The Kier molecular flexibility index (Phi) is 14.5. The summed E-state index contributed by atoms with van der Waals surface area (Å²) in [7, 11) is 6.78. The minimum absolute atomic E-state index is 0.0312. The van der Waals surface area contributed by atoms with E-state index in [0.29, 0.717) is 5.92 Å². The first kappa shape index (κ1) is 30.0. The third kappa shape index (κ3) is 8.49. The molecule has 184 valence electrons. The van der Waals surface area contributed by atoms with Crippen molar-refractivity contribution in [3.05, 3.63) is 12.7 Å². The van der Waals surface area contributed by atoms with Crippen LogP contribution in [0.4, 0.5) is 0 Å². The lowest BCUT2D eigenvalue weighted by Gasteiger charge is -2.39. The topological polar surface area (TPSA) is 74.2 Å². The third-order valence-electron chi connectivity index (χ3n) is 7.01. The van der Waals surface area contributed by atoms with Gasteiger partial charge in [-0.3, -0.25) is 4.79 Å². The van der Waals surface area contributed by atoms with Crippen LogP contribution in [0.2, 0.25) is 0 Å². The van der Waals surface area contributed by atoms with Gasteiger partial charge in [-0.15, -0.1) is 6.58 Å². The monoisotopic (exact) mass is 444 g/mol. The first-order chi connectivity index (χ1) is 14.5. The van der Waals surface area contributed by atoms with E-state index in [0.717, 1.165) is 12.8 Å². The maximum atomic E-state index is 11.5. The molecule has 0 aromatic carbocycles. The molecule has 0 aliphatic carbocycles. The van der Waals surface area contributed by atoms with Crippen LogP contribution in [0.5, 0.6) is 0 Å². The number of allylic oxidation sites excluding steroid dienone is 1. The van der Waals surface area contributed by atoms with E-state index in [1.54, 1.807) is 35.4 Å². The highest BCUT2D eigenvalue weighted by Crippen LogP contribution is 2.34. The van der Waals surface area contributed by atoms with Gasteiger partial charge in [0.25, 0.3) is 0 Å². The first-order valence-electron chi connectivity index (χ1n) is 11.5. The predicted octanol–water partition coefficient (Wildman–Crippen LogP) is 4.91. The highest BCUT2D eigenvalue weighted by molar-refractivity contribution is 5.70. The van der Waals surface area contributed by atoms with E-state index in [1.807, 2.05) is 13.0 Å². The Labute approximate surface area is 190 Å². The van der Waals surface area contributed by atoms with E-state index in [9.17, 15) is 9.90 Å². The van der Waals surface area contributed by atoms with Crippen molar-refractivity contribution in [3.63, 3.8) is 0 Å². The van der Waals surface area contributed by atoms with Crippen molar-refractivity contribution in [2.75, 3.05) is 28.4 Å². The van der Waals surface area contributed by atoms with Gasteiger partial charge in [-0.25, -0.2) is 0 Å². The molecule has 0 amide bonds. The molecule has 1 N–H and O–H groups in total. The number of methoxy groups -OCH3 is 4. The van der Waals surface area contributed by atoms with Crippen molar-refractivity contribution in [2.24, 2.45) is 35.5 Å². The van der Waals surface area contributed by atoms with Gasteiger partial charge < -0.3 is 24.1 Å². The van der Waals surface area contributed by atoms with Crippen molar-refractivity contribution < 1.29 is 28.8 Å². The summed E-state index contributed by atoms with van der Waals surface area (Å²) in [5.41, 5.74) is 0.